The Kier molecular flexibility index (Phi) is 17.1. The smallest absolute Gasteiger partial charge is 0.463 e. The minimum atomic E-state index is -5.06. The quantitative estimate of drug-likeness (QED) is 0.285. The fraction of sp³-hybridized carbons (Fsp3) is 0.800. The van der Waals surface area contributed by atoms with Crippen molar-refractivity contribution in [2.45, 2.75) is 38.0 Å². The molecule has 13 heteroatoms. The number of carbonyl (C=O) groups excluding carboxylic acids is 3. The Morgan fingerprint density at radius 3 is 2.25 bits per heavy atom. The molecule has 0 aliphatic carbocycles. The normalized spacial score (nSPS) is 13.1. The van der Waals surface area contributed by atoms with Gasteiger partial charge in [-0.1, -0.05) is 0 Å². The Balaban J connectivity index is -0.000000603. The number of nitrogens with two attached hydrogens (primary N) is 1. The average molecular weight is 424 g/mol. The summed E-state index contributed by atoms with van der Waals surface area (Å²) in [7, 11) is 4.23. The Morgan fingerprint density at radius 2 is 1.89 bits per heavy atom. The molecule has 168 valence electrons. The van der Waals surface area contributed by atoms with Crippen LogP contribution in [-0.4, -0.2) is 88.8 Å². The van der Waals surface area contributed by atoms with E-state index in [-0.39, 0.29) is 31.4 Å². The third-order valence-corrected chi connectivity index (χ3v) is 2.49. The monoisotopic (exact) mass is 424 g/mol. The van der Waals surface area contributed by atoms with Crippen LogP contribution in [0.5, 0.6) is 0 Å². The fourth-order valence-electron chi connectivity index (χ4n) is 1.18. The lowest BCUT2D eigenvalue weighted by Gasteiger charge is -2.15. The van der Waals surface area contributed by atoms with Crippen LogP contribution in [0.3, 0.4) is 0 Å². The van der Waals surface area contributed by atoms with E-state index in [1.165, 1.54) is 19.5 Å². The van der Waals surface area contributed by atoms with Crippen LogP contribution in [0.2, 0.25) is 0 Å². The first-order valence-electron chi connectivity index (χ1n) is 8.92. The van der Waals surface area contributed by atoms with Crippen LogP contribution < -0.4 is 16.4 Å². The molecule has 28 heavy (non-hydrogen) atoms. The first kappa shape index (κ1) is 26.0. The molecule has 0 aromatic carbocycles. The molecule has 0 heterocycles. The molecular weight excluding hydrogens is 391 g/mol. The Bertz CT molecular complexity index is 475. The number of carbonyl (C=O) groups is 3. The number of amides is 2. The van der Waals surface area contributed by atoms with E-state index in [2.05, 4.69) is 19.9 Å². The van der Waals surface area contributed by atoms with Crippen LogP contribution in [0.25, 0.3) is 0 Å². The Hall–Kier alpha value is -1.96. The van der Waals surface area contributed by atoms with Crippen molar-refractivity contribution in [3.8, 4) is 0 Å². The third kappa shape index (κ3) is 20.4. The van der Waals surface area contributed by atoms with Gasteiger partial charge in [-0.15, -0.1) is 0 Å². The molecule has 0 radical (unpaired) electrons. The Labute approximate surface area is 164 Å². The second kappa shape index (κ2) is 18.4. The van der Waals surface area contributed by atoms with E-state index in [1.807, 2.05) is 0 Å². The van der Waals surface area contributed by atoms with Crippen LogP contribution in [0, 0.1) is 0 Å². The molecule has 10 nitrogen and oxygen atoms in total. The van der Waals surface area contributed by atoms with Crippen molar-refractivity contribution in [3.05, 3.63) is 0 Å². The second-order valence-corrected chi connectivity index (χ2v) is 4.92. The number of rotatable bonds is 9. The van der Waals surface area contributed by atoms with Crippen LogP contribution >= 0.6 is 0 Å². The number of esters is 1. The molecule has 0 saturated carbocycles. The van der Waals surface area contributed by atoms with Crippen LogP contribution in [0.4, 0.5) is 13.2 Å². The Morgan fingerprint density at radius 1 is 1.32 bits per heavy atom. The molecule has 0 aromatic heterocycles. The van der Waals surface area contributed by atoms with Gasteiger partial charge in [-0.25, -0.2) is 0 Å². The lowest BCUT2D eigenvalue weighted by molar-refractivity contribution is -0.174. The van der Waals surface area contributed by atoms with Crippen molar-refractivity contribution in [1.29, 1.82) is 1.43 Å². The number of halogens is 3. The minimum absolute atomic E-state index is 0.00611. The van der Waals surface area contributed by atoms with Gasteiger partial charge in [0.1, 0.15) is 6.61 Å². The van der Waals surface area contributed by atoms with Crippen LogP contribution in [0.1, 0.15) is 21.1 Å². The van der Waals surface area contributed by atoms with Gasteiger partial charge in [0.05, 0.1) is 31.7 Å². The van der Waals surface area contributed by atoms with Gasteiger partial charge in [-0.3, -0.25) is 14.4 Å². The number of hydrogen-bond donors (Lipinski definition) is 5. The number of aliphatic hydroxyl groups excluding tert-OH is 2. The molecule has 0 aromatic rings. The van der Waals surface area contributed by atoms with E-state index in [1.54, 1.807) is 7.11 Å². The molecular formula is C15H30F3N3O7. The zero-order valence-electron chi connectivity index (χ0n) is 18.0. The maximum Gasteiger partial charge on any atom is 0.471 e. The molecule has 0 bridgehead atoms. The van der Waals surface area contributed by atoms with Gasteiger partial charge in [0, 0.05) is 29.1 Å². The van der Waals surface area contributed by atoms with Gasteiger partial charge >= 0.3 is 18.1 Å². The van der Waals surface area contributed by atoms with E-state index >= 15 is 0 Å². The highest BCUT2D eigenvalue weighted by Gasteiger charge is 2.39. The third-order valence-electron chi connectivity index (χ3n) is 2.49. The average Bonchev–Trinajstić information content (AvgIpc) is 2.69. The molecule has 0 aliphatic rings. The molecule has 0 spiro atoms. The van der Waals surface area contributed by atoms with Crippen LogP contribution in [0.15, 0.2) is 0 Å². The van der Waals surface area contributed by atoms with Gasteiger partial charge in [-0.05, 0) is 6.90 Å². The highest BCUT2D eigenvalue weighted by atomic mass is 19.4. The summed E-state index contributed by atoms with van der Waals surface area (Å²) < 4.78 is 57.8. The number of alkyl halides is 3. The van der Waals surface area contributed by atoms with E-state index < -0.39 is 37.6 Å². The van der Waals surface area contributed by atoms with E-state index in [0.717, 1.165) is 0 Å². The summed E-state index contributed by atoms with van der Waals surface area (Å²) in [5.41, 5.74) is 5.21. The molecule has 0 fully saturated rings. The molecule has 0 saturated heterocycles. The van der Waals surface area contributed by atoms with Gasteiger partial charge in [-0.2, -0.15) is 13.2 Å². The van der Waals surface area contributed by atoms with Crippen molar-refractivity contribution >= 4 is 17.8 Å². The molecule has 0 rings (SSSR count). The molecule has 0 aliphatic heterocycles. The predicted octanol–water partition coefficient (Wildman–Crippen LogP) is -1.32. The number of aliphatic hydroxyl groups is 2. The van der Waals surface area contributed by atoms with Gasteiger partial charge in [0.25, 0.3) is 0 Å². The van der Waals surface area contributed by atoms with Crippen molar-refractivity contribution < 1.29 is 48.6 Å². The fourth-order valence-corrected chi connectivity index (χ4v) is 1.18. The number of methoxy groups -OCH3 is 1. The SMILES string of the molecule is COC[C@@H](N)CO.[2H]C[C@@H](COC(=O)CCC(=O)NC)NC(=O)C(F)(F)F.[3H]OC. The maximum atomic E-state index is 12.0. The van der Waals surface area contributed by atoms with Gasteiger partial charge < -0.3 is 36.1 Å². The minimum Gasteiger partial charge on any atom is -0.463 e. The summed E-state index contributed by atoms with van der Waals surface area (Å²) in [4.78, 5) is 32.6. The van der Waals surface area contributed by atoms with Gasteiger partial charge in [0.2, 0.25) is 7.34 Å². The first-order valence-corrected chi connectivity index (χ1v) is 7.81. The number of ether oxygens (including phenoxy) is 2. The zero-order chi connectivity index (χ0) is 24.2. The molecule has 2 atom stereocenters. The molecule has 2 amide bonds. The predicted molar refractivity (Wildman–Crippen MR) is 93.0 cm³/mol. The first-order chi connectivity index (χ1) is 13.9. The van der Waals surface area contributed by atoms with Crippen molar-refractivity contribution in [3.63, 3.8) is 0 Å². The summed E-state index contributed by atoms with van der Waals surface area (Å²) >= 11 is 0. The summed E-state index contributed by atoms with van der Waals surface area (Å²) in [6.45, 7) is -0.715. The summed E-state index contributed by atoms with van der Waals surface area (Å²) in [6, 6.07) is -1.47. The topological polar surface area (TPSA) is 160 Å². The van der Waals surface area contributed by atoms with Crippen molar-refractivity contribution in [2.75, 3.05) is 41.1 Å². The largest absolute Gasteiger partial charge is 0.471 e. The highest BCUT2D eigenvalue weighted by Crippen LogP contribution is 2.14. The highest BCUT2D eigenvalue weighted by molar-refractivity contribution is 5.82. The van der Waals surface area contributed by atoms with Gasteiger partial charge in [0.15, 0.2) is 0 Å². The number of nitrogens with one attached hydrogen (secondary N) is 2. The lowest BCUT2D eigenvalue weighted by atomic mass is 10.3. The van der Waals surface area contributed by atoms with E-state index in [0.29, 0.717) is 6.61 Å². The summed E-state index contributed by atoms with van der Waals surface area (Å²) in [5, 5.41) is 15.6. The van der Waals surface area contributed by atoms with Crippen LogP contribution in [-0.2, 0) is 23.9 Å². The lowest BCUT2D eigenvalue weighted by Crippen LogP contribution is -2.44. The number of hydrogen-bond acceptors (Lipinski definition) is 8. The van der Waals surface area contributed by atoms with Crippen molar-refractivity contribution in [1.82, 2.24) is 10.6 Å². The second-order valence-electron chi connectivity index (χ2n) is 4.92. The molecule has 6 N–H and O–H groups in total. The summed E-state index contributed by atoms with van der Waals surface area (Å²) in [6.07, 6.45) is -5.41. The maximum absolute atomic E-state index is 12.0. The van der Waals surface area contributed by atoms with E-state index in [9.17, 15) is 27.6 Å². The zero-order valence-corrected chi connectivity index (χ0v) is 16.0. The molecule has 0 unspecified atom stereocenters. The summed E-state index contributed by atoms with van der Waals surface area (Å²) in [5.74, 6) is -3.38. The van der Waals surface area contributed by atoms with Crippen molar-refractivity contribution in [2.24, 2.45) is 5.73 Å². The standard InChI is InChI=1S/C10H15F3N2O4.C4H11NO2.CH4O/c1-6(15-9(18)10(11,12)13)5-19-8(17)4-3-7(16)14-2;1-7-3-4(5)2-6;1-2/h6H,3-5H2,1-2H3,(H,14,16)(H,15,18);4,6H,2-3,5H2,1H3;2H,1H3/t6-;4-;/m00./s1/i1D;;2T. The van der Waals surface area contributed by atoms with E-state index in [4.69, 9.17) is 13.6 Å².